The first kappa shape index (κ1) is 12.3. The van der Waals surface area contributed by atoms with Crippen LogP contribution in [-0.4, -0.2) is 0 Å². The van der Waals surface area contributed by atoms with Gasteiger partial charge in [0.15, 0.2) is 10.9 Å². The van der Waals surface area contributed by atoms with Gasteiger partial charge in [0.2, 0.25) is 0 Å². The molecule has 0 bridgehead atoms. The zero-order valence-corrected chi connectivity index (χ0v) is 10.5. The van der Waals surface area contributed by atoms with Gasteiger partial charge in [0, 0.05) is 0 Å². The standard InChI is InChI=1S/C15H15NO2/c1-15(2,18-16-17)14-10-8-13(9-11-14)12-6-4-3-5-7-12/h3-11H,1-2H3. The predicted octanol–water partition coefficient (Wildman–Crippen LogP) is 4.29. The van der Waals surface area contributed by atoms with Crippen molar-refractivity contribution >= 4 is 0 Å². The molecule has 0 saturated carbocycles. The predicted molar refractivity (Wildman–Crippen MR) is 71.8 cm³/mol. The van der Waals surface area contributed by atoms with Gasteiger partial charge in [0.05, 0.1) is 0 Å². The Morgan fingerprint density at radius 2 is 1.44 bits per heavy atom. The topological polar surface area (TPSA) is 38.7 Å². The second-order valence-corrected chi connectivity index (χ2v) is 4.62. The zero-order chi connectivity index (χ0) is 13.0. The molecule has 0 atom stereocenters. The lowest BCUT2D eigenvalue weighted by Gasteiger charge is -2.20. The molecule has 3 nitrogen and oxygen atoms in total. The normalized spacial score (nSPS) is 11.0. The maximum absolute atomic E-state index is 10.2. The molecule has 0 saturated heterocycles. The zero-order valence-electron chi connectivity index (χ0n) is 10.5. The average Bonchev–Trinajstić information content (AvgIpc) is 2.40. The van der Waals surface area contributed by atoms with Crippen LogP contribution < -0.4 is 0 Å². The number of rotatable bonds is 4. The molecule has 0 heterocycles. The van der Waals surface area contributed by atoms with Crippen LogP contribution in [0.4, 0.5) is 0 Å². The van der Waals surface area contributed by atoms with E-state index >= 15 is 0 Å². The van der Waals surface area contributed by atoms with E-state index in [9.17, 15) is 4.91 Å². The van der Waals surface area contributed by atoms with Gasteiger partial charge in [-0.1, -0.05) is 54.6 Å². The van der Waals surface area contributed by atoms with Gasteiger partial charge >= 0.3 is 0 Å². The van der Waals surface area contributed by atoms with Crippen LogP contribution in [0.1, 0.15) is 19.4 Å². The lowest BCUT2D eigenvalue weighted by atomic mass is 9.95. The van der Waals surface area contributed by atoms with Gasteiger partial charge in [-0.15, -0.1) is 4.91 Å². The molecule has 0 amide bonds. The van der Waals surface area contributed by atoms with Crippen molar-refractivity contribution in [2.45, 2.75) is 19.4 Å². The second-order valence-electron chi connectivity index (χ2n) is 4.62. The van der Waals surface area contributed by atoms with E-state index < -0.39 is 5.60 Å². The smallest absolute Gasteiger partial charge is 0.160 e. The first-order chi connectivity index (χ1) is 8.63. The highest BCUT2D eigenvalue weighted by Crippen LogP contribution is 2.27. The minimum Gasteiger partial charge on any atom is -0.353 e. The van der Waals surface area contributed by atoms with Gasteiger partial charge in [-0.2, -0.15) is 0 Å². The van der Waals surface area contributed by atoms with Crippen LogP contribution in [0.3, 0.4) is 0 Å². The van der Waals surface area contributed by atoms with Crippen LogP contribution in [0.5, 0.6) is 0 Å². The summed E-state index contributed by atoms with van der Waals surface area (Å²) in [5.74, 6) is 0. The first-order valence-electron chi connectivity index (χ1n) is 5.80. The molecule has 3 heteroatoms. The minimum absolute atomic E-state index is 0.697. The summed E-state index contributed by atoms with van der Waals surface area (Å²) in [5, 5.41) is 2.51. The van der Waals surface area contributed by atoms with Crippen molar-refractivity contribution < 1.29 is 4.84 Å². The molecule has 0 aliphatic carbocycles. The van der Waals surface area contributed by atoms with E-state index in [0.29, 0.717) is 0 Å². The van der Waals surface area contributed by atoms with Crippen molar-refractivity contribution in [1.82, 2.24) is 0 Å². The van der Waals surface area contributed by atoms with Gasteiger partial charge in [0.1, 0.15) is 0 Å². The molecule has 0 aliphatic rings. The van der Waals surface area contributed by atoms with Crippen LogP contribution in [-0.2, 0) is 10.4 Å². The third-order valence-corrected chi connectivity index (χ3v) is 2.95. The first-order valence-corrected chi connectivity index (χ1v) is 5.80. The molecular weight excluding hydrogens is 226 g/mol. The Bertz CT molecular complexity index is 518. The SMILES string of the molecule is CC(C)(ON=O)c1ccc(-c2ccccc2)cc1. The third-order valence-electron chi connectivity index (χ3n) is 2.95. The highest BCUT2D eigenvalue weighted by molar-refractivity contribution is 5.63. The van der Waals surface area contributed by atoms with E-state index in [-0.39, 0.29) is 0 Å². The van der Waals surface area contributed by atoms with E-state index in [1.807, 2.05) is 56.3 Å². The molecule has 0 radical (unpaired) electrons. The van der Waals surface area contributed by atoms with Crippen molar-refractivity contribution in [2.24, 2.45) is 5.34 Å². The van der Waals surface area contributed by atoms with E-state index in [1.54, 1.807) is 0 Å². The molecule has 0 fully saturated rings. The largest absolute Gasteiger partial charge is 0.353 e. The lowest BCUT2D eigenvalue weighted by Crippen LogP contribution is -2.18. The minimum atomic E-state index is -0.697. The van der Waals surface area contributed by atoms with E-state index in [1.165, 1.54) is 0 Å². The summed E-state index contributed by atoms with van der Waals surface area (Å²) in [4.78, 5) is 15.0. The highest BCUT2D eigenvalue weighted by Gasteiger charge is 2.23. The Balaban J connectivity index is 2.28. The third kappa shape index (κ3) is 2.56. The number of benzene rings is 2. The average molecular weight is 241 g/mol. The van der Waals surface area contributed by atoms with Crippen molar-refractivity contribution in [3.63, 3.8) is 0 Å². The van der Waals surface area contributed by atoms with Crippen molar-refractivity contribution in [3.05, 3.63) is 65.1 Å². The molecule has 2 aromatic carbocycles. The van der Waals surface area contributed by atoms with Crippen molar-refractivity contribution in [1.29, 1.82) is 0 Å². The summed E-state index contributed by atoms with van der Waals surface area (Å²) in [7, 11) is 0. The van der Waals surface area contributed by atoms with Crippen LogP contribution in [0.2, 0.25) is 0 Å². The molecule has 18 heavy (non-hydrogen) atoms. The van der Waals surface area contributed by atoms with Gasteiger partial charge in [-0.05, 0) is 30.5 Å². The van der Waals surface area contributed by atoms with Crippen LogP contribution >= 0.6 is 0 Å². The molecule has 92 valence electrons. The Hall–Kier alpha value is -2.16. The van der Waals surface area contributed by atoms with Gasteiger partial charge in [-0.25, -0.2) is 0 Å². The number of hydrogen-bond donors (Lipinski definition) is 0. The van der Waals surface area contributed by atoms with Gasteiger partial charge in [-0.3, -0.25) is 0 Å². The molecule has 2 rings (SSSR count). The fourth-order valence-electron chi connectivity index (χ4n) is 1.84. The second kappa shape index (κ2) is 5.00. The molecular formula is C15H15NO2. The maximum Gasteiger partial charge on any atom is 0.160 e. The van der Waals surface area contributed by atoms with Crippen LogP contribution in [0.15, 0.2) is 59.9 Å². The Kier molecular flexibility index (Phi) is 3.42. The molecule has 0 unspecified atom stereocenters. The highest BCUT2D eigenvalue weighted by atomic mass is 16.7. The molecule has 0 N–H and O–H groups in total. The Morgan fingerprint density at radius 3 is 2.00 bits per heavy atom. The Labute approximate surface area is 106 Å². The molecule has 2 aromatic rings. The molecule has 0 aliphatic heterocycles. The molecule has 0 aromatic heterocycles. The monoisotopic (exact) mass is 241 g/mol. The Morgan fingerprint density at radius 1 is 0.889 bits per heavy atom. The maximum atomic E-state index is 10.2. The summed E-state index contributed by atoms with van der Waals surface area (Å²) in [6, 6.07) is 18.1. The van der Waals surface area contributed by atoms with E-state index in [2.05, 4.69) is 17.5 Å². The summed E-state index contributed by atoms with van der Waals surface area (Å²) in [6.07, 6.45) is 0. The van der Waals surface area contributed by atoms with Gasteiger partial charge in [0.25, 0.3) is 0 Å². The number of nitrogens with zero attached hydrogens (tertiary/aromatic N) is 1. The number of hydrogen-bond acceptors (Lipinski definition) is 3. The van der Waals surface area contributed by atoms with Gasteiger partial charge < -0.3 is 4.84 Å². The summed E-state index contributed by atoms with van der Waals surface area (Å²) < 4.78 is 0. The fourth-order valence-corrected chi connectivity index (χ4v) is 1.84. The van der Waals surface area contributed by atoms with Crippen molar-refractivity contribution in [3.8, 4) is 11.1 Å². The van der Waals surface area contributed by atoms with Crippen LogP contribution in [0, 0.1) is 4.91 Å². The van der Waals surface area contributed by atoms with Crippen molar-refractivity contribution in [2.75, 3.05) is 0 Å². The van der Waals surface area contributed by atoms with Crippen LogP contribution in [0.25, 0.3) is 11.1 Å². The quantitative estimate of drug-likeness (QED) is 0.591. The van der Waals surface area contributed by atoms with E-state index in [4.69, 9.17) is 4.84 Å². The van der Waals surface area contributed by atoms with E-state index in [0.717, 1.165) is 16.7 Å². The lowest BCUT2D eigenvalue weighted by molar-refractivity contribution is -0.0216. The fraction of sp³-hybridized carbons (Fsp3) is 0.200. The summed E-state index contributed by atoms with van der Waals surface area (Å²) >= 11 is 0. The molecule has 0 spiro atoms. The summed E-state index contributed by atoms with van der Waals surface area (Å²) in [6.45, 7) is 3.62. The summed E-state index contributed by atoms with van der Waals surface area (Å²) in [5.41, 5.74) is 2.52.